The van der Waals surface area contributed by atoms with Crippen LogP contribution in [0.2, 0.25) is 0 Å². The molecule has 0 fully saturated rings. The van der Waals surface area contributed by atoms with Crippen LogP contribution in [0.1, 0.15) is 0 Å². The fraction of sp³-hybridized carbons (Fsp3) is 0. The highest BCUT2D eigenvalue weighted by Crippen LogP contribution is 2.46. The zero-order chi connectivity index (χ0) is 32.8. The van der Waals surface area contributed by atoms with Crippen molar-refractivity contribution in [3.05, 3.63) is 170 Å². The lowest BCUT2D eigenvalue weighted by Crippen LogP contribution is -1.91. The Labute approximate surface area is 292 Å². The van der Waals surface area contributed by atoms with Crippen LogP contribution < -0.4 is 0 Å². The maximum Gasteiger partial charge on any atom is 0.136 e. The van der Waals surface area contributed by atoms with E-state index >= 15 is 0 Å². The van der Waals surface area contributed by atoms with Gasteiger partial charge >= 0.3 is 0 Å². The average Bonchev–Trinajstić information content (AvgIpc) is 3.73. The first-order valence-electron chi connectivity index (χ1n) is 17.1. The second kappa shape index (κ2) is 10.6. The zero-order valence-electron chi connectivity index (χ0n) is 27.0. The van der Waals surface area contributed by atoms with Gasteiger partial charge in [0.25, 0.3) is 0 Å². The summed E-state index contributed by atoms with van der Waals surface area (Å²) in [6, 6.07) is 61.9. The Morgan fingerprint density at radius 2 is 0.880 bits per heavy atom. The van der Waals surface area contributed by atoms with Gasteiger partial charge < -0.3 is 4.42 Å². The Morgan fingerprint density at radius 3 is 1.60 bits per heavy atom. The molecule has 11 rings (SSSR count). The van der Waals surface area contributed by atoms with Gasteiger partial charge in [0.15, 0.2) is 0 Å². The van der Waals surface area contributed by atoms with Crippen LogP contribution in [0.5, 0.6) is 0 Å². The number of fused-ring (bicyclic) bond motifs is 10. The lowest BCUT2D eigenvalue weighted by Gasteiger charge is -2.18. The van der Waals surface area contributed by atoms with E-state index in [2.05, 4.69) is 170 Å². The molecule has 2 aromatic heterocycles. The minimum absolute atomic E-state index is 0.921. The first-order chi connectivity index (χ1) is 24.8. The molecule has 0 saturated heterocycles. The summed E-state index contributed by atoms with van der Waals surface area (Å²) in [5, 5.41) is 12.4. The molecule has 0 saturated carbocycles. The van der Waals surface area contributed by atoms with Crippen molar-refractivity contribution in [1.82, 2.24) is 0 Å². The first kappa shape index (κ1) is 27.7. The van der Waals surface area contributed by atoms with Crippen LogP contribution in [-0.4, -0.2) is 0 Å². The molecule has 9 aromatic carbocycles. The fourth-order valence-electron chi connectivity index (χ4n) is 8.30. The molecular weight excluding hydrogens is 625 g/mol. The zero-order valence-corrected chi connectivity index (χ0v) is 27.8. The first-order valence-corrected chi connectivity index (χ1v) is 17.9. The molecule has 0 radical (unpaired) electrons. The summed E-state index contributed by atoms with van der Waals surface area (Å²) in [6.07, 6.45) is 0. The molecule has 0 aliphatic heterocycles. The van der Waals surface area contributed by atoms with Gasteiger partial charge in [0.05, 0.1) is 0 Å². The summed E-state index contributed by atoms with van der Waals surface area (Å²) < 4.78 is 9.28. The number of furan rings is 1. The molecule has 0 aliphatic carbocycles. The Morgan fingerprint density at radius 1 is 0.320 bits per heavy atom. The third kappa shape index (κ3) is 4.00. The second-order valence-electron chi connectivity index (χ2n) is 13.2. The Kier molecular flexibility index (Phi) is 5.89. The summed E-state index contributed by atoms with van der Waals surface area (Å²) >= 11 is 1.83. The second-order valence-corrected chi connectivity index (χ2v) is 14.3. The van der Waals surface area contributed by atoms with Crippen LogP contribution in [0, 0.1) is 0 Å². The fourth-order valence-corrected chi connectivity index (χ4v) is 9.41. The van der Waals surface area contributed by atoms with Crippen molar-refractivity contribution in [3.63, 3.8) is 0 Å². The van der Waals surface area contributed by atoms with E-state index < -0.39 is 0 Å². The van der Waals surface area contributed by atoms with Gasteiger partial charge in [-0.05, 0) is 96.0 Å². The van der Waals surface area contributed by atoms with E-state index in [4.69, 9.17) is 4.42 Å². The third-order valence-electron chi connectivity index (χ3n) is 10.4. The molecule has 50 heavy (non-hydrogen) atoms. The van der Waals surface area contributed by atoms with E-state index in [1.54, 1.807) is 0 Å². The molecule has 0 atom stereocenters. The maximum atomic E-state index is 6.72. The van der Waals surface area contributed by atoms with Gasteiger partial charge in [0.1, 0.15) is 11.2 Å². The predicted molar refractivity (Wildman–Crippen MR) is 215 cm³/mol. The van der Waals surface area contributed by atoms with Crippen LogP contribution in [-0.2, 0) is 0 Å². The molecule has 0 unspecified atom stereocenters. The van der Waals surface area contributed by atoms with E-state index in [0.29, 0.717) is 0 Å². The van der Waals surface area contributed by atoms with E-state index in [0.717, 1.165) is 11.2 Å². The molecule has 0 bridgehead atoms. The minimum atomic E-state index is 0.921. The van der Waals surface area contributed by atoms with E-state index in [1.807, 2.05) is 11.3 Å². The molecule has 1 nitrogen and oxygen atoms in total. The van der Waals surface area contributed by atoms with Crippen LogP contribution in [0.4, 0.5) is 0 Å². The summed E-state index contributed by atoms with van der Waals surface area (Å²) in [6.45, 7) is 0. The third-order valence-corrected chi connectivity index (χ3v) is 11.6. The van der Waals surface area contributed by atoms with Crippen molar-refractivity contribution in [1.29, 1.82) is 0 Å². The molecule has 0 spiro atoms. The molecule has 2 heterocycles. The van der Waals surface area contributed by atoms with Crippen molar-refractivity contribution in [2.24, 2.45) is 0 Å². The van der Waals surface area contributed by atoms with Crippen LogP contribution in [0.15, 0.2) is 174 Å². The van der Waals surface area contributed by atoms with Crippen molar-refractivity contribution in [3.8, 4) is 33.4 Å². The number of rotatable bonds is 3. The summed E-state index contributed by atoms with van der Waals surface area (Å²) in [4.78, 5) is 0. The molecule has 232 valence electrons. The Hall–Kier alpha value is -6.22. The molecular formula is C48H28OS. The number of benzene rings is 9. The van der Waals surface area contributed by atoms with Crippen molar-refractivity contribution >= 4 is 85.8 Å². The Bertz CT molecular complexity index is 3090. The van der Waals surface area contributed by atoms with Crippen molar-refractivity contribution in [2.75, 3.05) is 0 Å². The monoisotopic (exact) mass is 652 g/mol. The minimum Gasteiger partial charge on any atom is -0.456 e. The van der Waals surface area contributed by atoms with Gasteiger partial charge in [0.2, 0.25) is 0 Å². The average molecular weight is 653 g/mol. The molecule has 0 aliphatic rings. The maximum absolute atomic E-state index is 6.72. The summed E-state index contributed by atoms with van der Waals surface area (Å²) in [7, 11) is 0. The van der Waals surface area contributed by atoms with Gasteiger partial charge in [-0.15, -0.1) is 11.3 Å². The van der Waals surface area contributed by atoms with Crippen LogP contribution >= 0.6 is 11.3 Å². The largest absolute Gasteiger partial charge is 0.456 e. The number of hydrogen-bond donors (Lipinski definition) is 0. The predicted octanol–water partition coefficient (Wildman–Crippen LogP) is 14.4. The van der Waals surface area contributed by atoms with E-state index in [1.165, 1.54) is 96.6 Å². The SMILES string of the molecule is c1ccc(-c2c3ccccc3c(-c3cccc(-c4cc5oc6cc7sc8ccccc8c7cc6c5c5ccccc45)c3)c3ccccc23)cc1. The molecule has 0 N–H and O–H groups in total. The lowest BCUT2D eigenvalue weighted by molar-refractivity contribution is 0.670. The summed E-state index contributed by atoms with van der Waals surface area (Å²) in [5.41, 5.74) is 9.19. The van der Waals surface area contributed by atoms with Crippen molar-refractivity contribution < 1.29 is 4.42 Å². The van der Waals surface area contributed by atoms with Gasteiger partial charge in [0, 0.05) is 30.9 Å². The highest BCUT2D eigenvalue weighted by atomic mass is 32.1. The van der Waals surface area contributed by atoms with E-state index in [9.17, 15) is 0 Å². The topological polar surface area (TPSA) is 13.1 Å². The Balaban J connectivity index is 1.16. The molecule has 0 amide bonds. The molecule has 2 heteroatoms. The lowest BCUT2D eigenvalue weighted by atomic mass is 9.85. The van der Waals surface area contributed by atoms with Crippen LogP contribution in [0.3, 0.4) is 0 Å². The highest BCUT2D eigenvalue weighted by molar-refractivity contribution is 7.25. The van der Waals surface area contributed by atoms with E-state index in [-0.39, 0.29) is 0 Å². The van der Waals surface area contributed by atoms with Gasteiger partial charge in [-0.2, -0.15) is 0 Å². The summed E-state index contributed by atoms with van der Waals surface area (Å²) in [5.74, 6) is 0. The number of thiophene rings is 1. The van der Waals surface area contributed by atoms with Gasteiger partial charge in [-0.1, -0.05) is 140 Å². The standard InChI is InChI=1S/C48H28OS/c1-2-13-29(14-3-1)46-35-20-6-8-22-37(35)47(38-23-9-7-21-36(38)46)31-16-12-15-30(25-31)39-27-43-48(34-19-5-4-17-32(34)39)41-26-40-33-18-10-11-24-44(33)50-45(40)28-42(41)49-43/h1-28H. The van der Waals surface area contributed by atoms with Crippen LogP contribution in [0.25, 0.3) is 108 Å². The quantitative estimate of drug-likeness (QED) is 0.173. The number of hydrogen-bond acceptors (Lipinski definition) is 2. The normalized spacial score (nSPS) is 12.0. The van der Waals surface area contributed by atoms with Gasteiger partial charge in [-0.25, -0.2) is 0 Å². The molecule has 11 aromatic rings. The van der Waals surface area contributed by atoms with Crippen molar-refractivity contribution in [2.45, 2.75) is 0 Å². The highest BCUT2D eigenvalue weighted by Gasteiger charge is 2.19. The smallest absolute Gasteiger partial charge is 0.136 e. The van der Waals surface area contributed by atoms with Gasteiger partial charge in [-0.3, -0.25) is 0 Å².